The van der Waals surface area contributed by atoms with Crippen LogP contribution >= 0.6 is 0 Å². The summed E-state index contributed by atoms with van der Waals surface area (Å²) in [6, 6.07) is 15.3. The zero-order valence-electron chi connectivity index (χ0n) is 14.8. The van der Waals surface area contributed by atoms with Crippen LogP contribution in [0.15, 0.2) is 65.5 Å². The number of nitrogens with zero attached hydrogens (tertiary/aromatic N) is 1. The second-order valence-corrected chi connectivity index (χ2v) is 6.01. The van der Waals surface area contributed by atoms with Crippen LogP contribution in [0.5, 0.6) is 5.75 Å². The van der Waals surface area contributed by atoms with Gasteiger partial charge >= 0.3 is 0 Å². The van der Waals surface area contributed by atoms with E-state index in [4.69, 9.17) is 4.74 Å². The Kier molecular flexibility index (Phi) is 5.66. The first-order valence-electron chi connectivity index (χ1n) is 8.47. The molecule has 138 valence electrons. The number of H-pyrrole nitrogens is 1. The van der Waals surface area contributed by atoms with Crippen molar-refractivity contribution in [2.45, 2.75) is 0 Å². The fourth-order valence-corrected chi connectivity index (χ4v) is 2.54. The number of amides is 1. The highest BCUT2D eigenvalue weighted by atomic mass is 19.1. The van der Waals surface area contributed by atoms with Crippen LogP contribution in [0.2, 0.25) is 0 Å². The SMILES string of the molecule is CN(CCOc1ccccc1F)C(=O)/C=C/c1cc2ccccc2[nH]c1=O. The summed E-state index contributed by atoms with van der Waals surface area (Å²) in [7, 11) is 1.61. The van der Waals surface area contributed by atoms with E-state index in [9.17, 15) is 14.0 Å². The molecular formula is C21H19FN2O3. The molecule has 0 aliphatic carbocycles. The summed E-state index contributed by atoms with van der Waals surface area (Å²) in [5.41, 5.74) is 0.884. The highest BCUT2D eigenvalue weighted by molar-refractivity contribution is 5.92. The Morgan fingerprint density at radius 1 is 1.19 bits per heavy atom. The number of fused-ring (bicyclic) bond motifs is 1. The van der Waals surface area contributed by atoms with Crippen LogP contribution in [0.3, 0.4) is 0 Å². The van der Waals surface area contributed by atoms with Crippen LogP contribution in [0, 0.1) is 5.82 Å². The summed E-state index contributed by atoms with van der Waals surface area (Å²) in [4.78, 5) is 28.5. The summed E-state index contributed by atoms with van der Waals surface area (Å²) >= 11 is 0. The number of carbonyl (C=O) groups excluding carboxylic acids is 1. The van der Waals surface area contributed by atoms with Crippen molar-refractivity contribution in [1.82, 2.24) is 9.88 Å². The smallest absolute Gasteiger partial charge is 0.255 e. The standard InChI is InChI=1S/C21H19FN2O3/c1-24(12-13-27-19-9-5-3-7-17(19)22)20(25)11-10-16-14-15-6-2-4-8-18(15)23-21(16)26/h2-11,14H,12-13H2,1H3,(H,23,26)/b11-10+. The molecule has 27 heavy (non-hydrogen) atoms. The molecule has 0 atom stereocenters. The topological polar surface area (TPSA) is 62.4 Å². The molecule has 1 N–H and O–H groups in total. The lowest BCUT2D eigenvalue weighted by Crippen LogP contribution is -2.29. The second-order valence-electron chi connectivity index (χ2n) is 6.01. The molecule has 0 spiro atoms. The summed E-state index contributed by atoms with van der Waals surface area (Å²) < 4.78 is 18.8. The number of carbonyl (C=O) groups is 1. The van der Waals surface area contributed by atoms with E-state index < -0.39 is 5.82 Å². The third-order valence-corrected chi connectivity index (χ3v) is 4.08. The predicted molar refractivity (Wildman–Crippen MR) is 103 cm³/mol. The third-order valence-electron chi connectivity index (χ3n) is 4.08. The minimum Gasteiger partial charge on any atom is -0.489 e. The van der Waals surface area contributed by atoms with Crippen molar-refractivity contribution >= 4 is 22.9 Å². The quantitative estimate of drug-likeness (QED) is 0.682. The Morgan fingerprint density at radius 3 is 2.74 bits per heavy atom. The molecule has 5 nitrogen and oxygen atoms in total. The number of para-hydroxylation sites is 2. The normalized spacial score (nSPS) is 11.0. The van der Waals surface area contributed by atoms with Gasteiger partial charge in [-0.1, -0.05) is 30.3 Å². The van der Waals surface area contributed by atoms with E-state index in [0.29, 0.717) is 5.56 Å². The molecule has 0 fully saturated rings. The Morgan fingerprint density at radius 2 is 1.93 bits per heavy atom. The predicted octanol–water partition coefficient (Wildman–Crippen LogP) is 3.22. The van der Waals surface area contributed by atoms with E-state index in [0.717, 1.165) is 10.9 Å². The van der Waals surface area contributed by atoms with Crippen LogP contribution in [0.1, 0.15) is 5.56 Å². The Bertz CT molecular complexity index is 1040. The zero-order valence-corrected chi connectivity index (χ0v) is 14.8. The number of aromatic amines is 1. The van der Waals surface area contributed by atoms with Crippen LogP contribution in [-0.2, 0) is 4.79 Å². The molecular weight excluding hydrogens is 347 g/mol. The lowest BCUT2D eigenvalue weighted by molar-refractivity contribution is -0.125. The fraction of sp³-hybridized carbons (Fsp3) is 0.143. The average molecular weight is 366 g/mol. The van der Waals surface area contributed by atoms with E-state index in [2.05, 4.69) is 4.98 Å². The minimum absolute atomic E-state index is 0.150. The number of ether oxygens (including phenoxy) is 1. The van der Waals surface area contributed by atoms with Crippen molar-refractivity contribution in [2.75, 3.05) is 20.2 Å². The molecule has 0 radical (unpaired) electrons. The van der Waals surface area contributed by atoms with Crippen molar-refractivity contribution in [3.05, 3.63) is 82.4 Å². The first kappa shape index (κ1) is 18.4. The number of halogens is 1. The van der Waals surface area contributed by atoms with Crippen molar-refractivity contribution in [2.24, 2.45) is 0 Å². The van der Waals surface area contributed by atoms with Crippen LogP contribution in [0.25, 0.3) is 17.0 Å². The van der Waals surface area contributed by atoms with E-state index in [1.54, 1.807) is 25.2 Å². The Hall–Kier alpha value is -3.41. The third kappa shape index (κ3) is 4.61. The lowest BCUT2D eigenvalue weighted by Gasteiger charge is -2.15. The lowest BCUT2D eigenvalue weighted by atomic mass is 10.1. The van der Waals surface area contributed by atoms with Crippen molar-refractivity contribution < 1.29 is 13.9 Å². The molecule has 0 saturated carbocycles. The molecule has 1 aromatic heterocycles. The molecule has 0 saturated heterocycles. The molecule has 3 aromatic rings. The largest absolute Gasteiger partial charge is 0.489 e. The number of hydrogen-bond acceptors (Lipinski definition) is 3. The first-order chi connectivity index (χ1) is 13.0. The van der Waals surface area contributed by atoms with Gasteiger partial charge in [-0.25, -0.2) is 4.39 Å². The fourth-order valence-electron chi connectivity index (χ4n) is 2.54. The van der Waals surface area contributed by atoms with Crippen molar-refractivity contribution in [1.29, 1.82) is 0 Å². The van der Waals surface area contributed by atoms with E-state index in [1.807, 2.05) is 24.3 Å². The van der Waals surface area contributed by atoms with Crippen molar-refractivity contribution in [3.63, 3.8) is 0 Å². The van der Waals surface area contributed by atoms with Gasteiger partial charge in [0.2, 0.25) is 5.91 Å². The van der Waals surface area contributed by atoms with Gasteiger partial charge in [0.1, 0.15) is 6.61 Å². The molecule has 3 rings (SSSR count). The number of benzene rings is 2. The maximum absolute atomic E-state index is 13.5. The summed E-state index contributed by atoms with van der Waals surface area (Å²) in [6.45, 7) is 0.444. The average Bonchev–Trinajstić information content (AvgIpc) is 2.67. The molecule has 1 amide bonds. The number of aromatic nitrogens is 1. The van der Waals surface area contributed by atoms with Gasteiger partial charge in [0, 0.05) is 24.2 Å². The Balaban J connectivity index is 1.60. The van der Waals surface area contributed by atoms with E-state index in [-0.39, 0.29) is 30.4 Å². The van der Waals surface area contributed by atoms with E-state index in [1.165, 1.54) is 29.2 Å². The molecule has 6 heteroatoms. The summed E-state index contributed by atoms with van der Waals surface area (Å²) in [5, 5.41) is 0.885. The molecule has 2 aromatic carbocycles. The number of rotatable bonds is 6. The van der Waals surface area contributed by atoms with Gasteiger partial charge < -0.3 is 14.6 Å². The highest BCUT2D eigenvalue weighted by Crippen LogP contribution is 2.15. The number of nitrogens with one attached hydrogen (secondary N) is 1. The van der Waals surface area contributed by atoms with Crippen molar-refractivity contribution in [3.8, 4) is 5.75 Å². The van der Waals surface area contributed by atoms with Gasteiger partial charge in [-0.3, -0.25) is 9.59 Å². The van der Waals surface area contributed by atoms with Crippen LogP contribution in [-0.4, -0.2) is 36.0 Å². The summed E-state index contributed by atoms with van der Waals surface area (Å²) in [6.07, 6.45) is 2.82. The minimum atomic E-state index is -0.443. The van der Waals surface area contributed by atoms with Gasteiger partial charge in [-0.2, -0.15) is 0 Å². The monoisotopic (exact) mass is 366 g/mol. The Labute approximate surface area is 155 Å². The van der Waals surface area contributed by atoms with Gasteiger partial charge in [0.15, 0.2) is 11.6 Å². The van der Waals surface area contributed by atoms with Gasteiger partial charge in [0.25, 0.3) is 5.56 Å². The zero-order chi connectivity index (χ0) is 19.2. The van der Waals surface area contributed by atoms with Gasteiger partial charge in [0.05, 0.1) is 6.54 Å². The van der Waals surface area contributed by atoms with E-state index >= 15 is 0 Å². The molecule has 0 aliphatic heterocycles. The molecule has 0 aliphatic rings. The maximum Gasteiger partial charge on any atom is 0.255 e. The molecule has 0 unspecified atom stereocenters. The number of pyridine rings is 1. The second kappa shape index (κ2) is 8.31. The van der Waals surface area contributed by atoms with Crippen LogP contribution < -0.4 is 10.3 Å². The molecule has 1 heterocycles. The highest BCUT2D eigenvalue weighted by Gasteiger charge is 2.07. The first-order valence-corrected chi connectivity index (χ1v) is 8.47. The number of likely N-dealkylation sites (N-methyl/N-ethyl adjacent to an activating group) is 1. The van der Waals surface area contributed by atoms with Gasteiger partial charge in [-0.15, -0.1) is 0 Å². The summed E-state index contributed by atoms with van der Waals surface area (Å²) in [5.74, 6) is -0.571. The van der Waals surface area contributed by atoms with Crippen LogP contribution in [0.4, 0.5) is 4.39 Å². The number of hydrogen-bond donors (Lipinski definition) is 1. The van der Waals surface area contributed by atoms with Gasteiger partial charge in [-0.05, 0) is 35.7 Å². The molecule has 0 bridgehead atoms. The maximum atomic E-state index is 13.5.